The van der Waals surface area contributed by atoms with Crippen LogP contribution in [0.4, 0.5) is 5.95 Å². The molecule has 1 aliphatic heterocycles. The Balaban J connectivity index is 0.000000154. The summed E-state index contributed by atoms with van der Waals surface area (Å²) >= 11 is 6.14. The first-order valence-corrected chi connectivity index (χ1v) is 17.4. The van der Waals surface area contributed by atoms with Crippen molar-refractivity contribution in [2.45, 2.75) is 13.8 Å². The average molecular weight is 724 g/mol. The number of phenols is 2. The highest BCUT2D eigenvalue weighted by molar-refractivity contribution is 6.28. The third-order valence-corrected chi connectivity index (χ3v) is 9.01. The molecule has 12 nitrogen and oxygen atoms in total. The zero-order chi connectivity index (χ0) is 36.5. The van der Waals surface area contributed by atoms with Crippen molar-refractivity contribution >= 4 is 39.9 Å². The fourth-order valence-corrected chi connectivity index (χ4v) is 6.47. The molecule has 53 heavy (non-hydrogen) atoms. The van der Waals surface area contributed by atoms with Crippen molar-refractivity contribution in [3.8, 4) is 45.4 Å². The number of aromatic hydroxyl groups is 2. The van der Waals surface area contributed by atoms with Crippen molar-refractivity contribution < 1.29 is 14.9 Å². The number of nitrogens with zero attached hydrogens (tertiary/aromatic N) is 9. The van der Waals surface area contributed by atoms with E-state index in [1.807, 2.05) is 70.7 Å². The molecule has 5 heterocycles. The first-order chi connectivity index (χ1) is 25.8. The Hall–Kier alpha value is -6.37. The number of ether oxygens (including phenoxy) is 1. The summed E-state index contributed by atoms with van der Waals surface area (Å²) in [5.74, 6) is 1.00. The van der Waals surface area contributed by atoms with Gasteiger partial charge in [-0.15, -0.1) is 0 Å². The van der Waals surface area contributed by atoms with Crippen LogP contribution in [-0.2, 0) is 4.74 Å². The van der Waals surface area contributed by atoms with Crippen LogP contribution in [0.15, 0.2) is 110 Å². The Morgan fingerprint density at radius 1 is 0.604 bits per heavy atom. The van der Waals surface area contributed by atoms with Gasteiger partial charge in [0.05, 0.1) is 13.2 Å². The van der Waals surface area contributed by atoms with Crippen LogP contribution in [0.1, 0.15) is 11.1 Å². The van der Waals surface area contributed by atoms with Gasteiger partial charge in [0.2, 0.25) is 11.2 Å². The van der Waals surface area contributed by atoms with Gasteiger partial charge in [0, 0.05) is 35.6 Å². The Morgan fingerprint density at radius 3 is 1.64 bits per heavy atom. The van der Waals surface area contributed by atoms with Gasteiger partial charge in [0.25, 0.3) is 0 Å². The number of morpholine rings is 1. The predicted molar refractivity (Wildman–Crippen MR) is 205 cm³/mol. The number of halogens is 1. The third-order valence-electron chi connectivity index (χ3n) is 8.85. The van der Waals surface area contributed by atoms with E-state index in [1.165, 1.54) is 5.56 Å². The fourth-order valence-electron chi connectivity index (χ4n) is 6.31. The van der Waals surface area contributed by atoms with Crippen LogP contribution in [0, 0.1) is 13.8 Å². The van der Waals surface area contributed by atoms with E-state index in [2.05, 4.69) is 43.9 Å². The van der Waals surface area contributed by atoms with Crippen molar-refractivity contribution in [3.05, 3.63) is 126 Å². The van der Waals surface area contributed by atoms with Crippen LogP contribution in [0.25, 0.3) is 56.2 Å². The molecule has 9 rings (SSSR count). The minimum Gasteiger partial charge on any atom is -0.508 e. The maximum absolute atomic E-state index is 9.98. The zero-order valence-electron chi connectivity index (χ0n) is 28.9. The quantitative estimate of drug-likeness (QED) is 0.172. The van der Waals surface area contributed by atoms with Crippen LogP contribution >= 0.6 is 11.6 Å². The number of benzene rings is 4. The minimum absolute atomic E-state index is 0.134. The molecule has 2 N–H and O–H groups in total. The average Bonchev–Trinajstić information content (AvgIpc) is 3.80. The number of phenolic OH excluding ortho intramolecular Hbond substituents is 2. The lowest BCUT2D eigenvalue weighted by atomic mass is 10.1. The van der Waals surface area contributed by atoms with E-state index in [-0.39, 0.29) is 16.8 Å². The number of hydrogen-bond donors (Lipinski definition) is 2. The molecule has 0 atom stereocenters. The first kappa shape index (κ1) is 33.8. The molecule has 1 saturated heterocycles. The van der Waals surface area contributed by atoms with Crippen molar-refractivity contribution in [2.24, 2.45) is 0 Å². The molecule has 1 aliphatic rings. The SMILES string of the molecule is Cc1cccc(-n2cnc3c(-c4cccc(O)c4)nc(Cl)nc32)c1.Cc1cccc(-n2cnc3c(-c4cccc(O)c4)nc(N4CCOCC4)nc32)c1. The molecule has 264 valence electrons. The van der Waals surface area contributed by atoms with Gasteiger partial charge in [-0.1, -0.05) is 48.5 Å². The number of aryl methyl sites for hydroxylation is 2. The summed E-state index contributed by atoms with van der Waals surface area (Å²) in [6, 6.07) is 30.2. The molecular formula is C40H34ClN9O3. The second-order valence-corrected chi connectivity index (χ2v) is 13.0. The first-order valence-electron chi connectivity index (χ1n) is 17.0. The van der Waals surface area contributed by atoms with Gasteiger partial charge in [-0.05, 0) is 85.1 Å². The van der Waals surface area contributed by atoms with Gasteiger partial charge in [-0.2, -0.15) is 9.97 Å². The third kappa shape index (κ3) is 6.97. The van der Waals surface area contributed by atoms with Crippen molar-refractivity contribution in [3.63, 3.8) is 0 Å². The highest BCUT2D eigenvalue weighted by Crippen LogP contribution is 2.32. The number of aromatic nitrogens is 8. The van der Waals surface area contributed by atoms with Gasteiger partial charge in [-0.25, -0.2) is 19.9 Å². The van der Waals surface area contributed by atoms with Crippen molar-refractivity contribution in [1.82, 2.24) is 39.0 Å². The number of hydrogen-bond acceptors (Lipinski definition) is 10. The minimum atomic E-state index is 0.134. The molecule has 0 amide bonds. The predicted octanol–water partition coefficient (Wildman–Crippen LogP) is 7.48. The summed E-state index contributed by atoms with van der Waals surface area (Å²) in [6.07, 6.45) is 3.49. The van der Waals surface area contributed by atoms with Crippen molar-refractivity contribution in [1.29, 1.82) is 0 Å². The van der Waals surface area contributed by atoms with Gasteiger partial charge in [-0.3, -0.25) is 9.13 Å². The standard InChI is InChI=1S/C22H21N5O2.C18H13ClN4O/c1-15-4-2-6-17(12-15)27-14-23-20-19(16-5-3-7-18(28)13-16)24-22(25-21(20)27)26-8-10-29-11-9-26;1-11-4-2-6-13(8-11)23-10-20-16-15(21-18(19)22-17(16)23)12-5-3-7-14(24)9-12/h2-7,12-14,28H,8-11H2,1H3;2-10,24H,1H3. The molecule has 0 unspecified atom stereocenters. The van der Waals surface area contributed by atoms with Gasteiger partial charge in [0.15, 0.2) is 11.3 Å². The highest BCUT2D eigenvalue weighted by atomic mass is 35.5. The second kappa shape index (κ2) is 14.3. The van der Waals surface area contributed by atoms with Crippen LogP contribution in [0.3, 0.4) is 0 Å². The largest absolute Gasteiger partial charge is 0.508 e. The number of imidazole rings is 2. The molecule has 1 fully saturated rings. The van der Waals surface area contributed by atoms with E-state index >= 15 is 0 Å². The Labute approximate surface area is 309 Å². The molecule has 8 aromatic rings. The highest BCUT2D eigenvalue weighted by Gasteiger charge is 2.21. The van der Waals surface area contributed by atoms with Crippen LogP contribution in [-0.4, -0.2) is 75.6 Å². The monoisotopic (exact) mass is 723 g/mol. The summed E-state index contributed by atoms with van der Waals surface area (Å²) in [6.45, 7) is 6.88. The lowest BCUT2D eigenvalue weighted by Gasteiger charge is -2.27. The van der Waals surface area contributed by atoms with E-state index in [4.69, 9.17) is 26.3 Å². The number of anilines is 1. The Bertz CT molecular complexity index is 2600. The lowest BCUT2D eigenvalue weighted by Crippen LogP contribution is -2.37. The smallest absolute Gasteiger partial charge is 0.228 e. The van der Waals surface area contributed by atoms with E-state index < -0.39 is 0 Å². The van der Waals surface area contributed by atoms with Crippen LogP contribution < -0.4 is 4.90 Å². The summed E-state index contributed by atoms with van der Waals surface area (Å²) < 4.78 is 9.35. The molecule has 4 aromatic carbocycles. The van der Waals surface area contributed by atoms with E-state index in [9.17, 15) is 10.2 Å². The maximum atomic E-state index is 9.98. The summed E-state index contributed by atoms with van der Waals surface area (Å²) in [5, 5.41) is 19.8. The topological polar surface area (TPSA) is 140 Å². The van der Waals surface area contributed by atoms with E-state index in [0.717, 1.165) is 46.8 Å². The molecule has 0 aliphatic carbocycles. The van der Waals surface area contributed by atoms with Crippen LogP contribution in [0.5, 0.6) is 11.5 Å². The number of rotatable bonds is 5. The van der Waals surface area contributed by atoms with Gasteiger partial charge >= 0.3 is 0 Å². The second-order valence-electron chi connectivity index (χ2n) is 12.7. The molecule has 0 spiro atoms. The van der Waals surface area contributed by atoms with Gasteiger partial charge < -0.3 is 19.8 Å². The van der Waals surface area contributed by atoms with Crippen molar-refractivity contribution in [2.75, 3.05) is 31.2 Å². The molecule has 0 saturated carbocycles. The Morgan fingerprint density at radius 2 is 1.11 bits per heavy atom. The maximum Gasteiger partial charge on any atom is 0.228 e. The van der Waals surface area contributed by atoms with Gasteiger partial charge in [0.1, 0.15) is 46.6 Å². The van der Waals surface area contributed by atoms with E-state index in [1.54, 1.807) is 43.0 Å². The molecule has 0 radical (unpaired) electrons. The molecular weight excluding hydrogens is 690 g/mol. The zero-order valence-corrected chi connectivity index (χ0v) is 29.7. The lowest BCUT2D eigenvalue weighted by molar-refractivity contribution is 0.122. The summed E-state index contributed by atoms with van der Waals surface area (Å²) in [7, 11) is 0. The molecule has 13 heteroatoms. The fraction of sp³-hybridized carbons (Fsp3) is 0.150. The normalized spacial score (nSPS) is 12.9. The van der Waals surface area contributed by atoms with E-state index in [0.29, 0.717) is 47.2 Å². The van der Waals surface area contributed by atoms with Crippen LogP contribution in [0.2, 0.25) is 5.28 Å². The summed E-state index contributed by atoms with van der Waals surface area (Å²) in [4.78, 5) is 29.6. The molecule has 4 aromatic heterocycles. The summed E-state index contributed by atoms with van der Waals surface area (Å²) in [5.41, 5.74) is 9.80. The number of fused-ring (bicyclic) bond motifs is 2. The Kier molecular flexibility index (Phi) is 9.13. The molecule has 0 bridgehead atoms.